The van der Waals surface area contributed by atoms with Crippen molar-refractivity contribution in [1.82, 2.24) is 0 Å². The number of halogens is 1. The summed E-state index contributed by atoms with van der Waals surface area (Å²) in [5.74, 6) is -0.0392. The van der Waals surface area contributed by atoms with E-state index in [-0.39, 0.29) is 12.5 Å². The van der Waals surface area contributed by atoms with Gasteiger partial charge in [0.1, 0.15) is 5.67 Å². The zero-order valence-corrected chi connectivity index (χ0v) is 5.97. The van der Waals surface area contributed by atoms with Crippen molar-refractivity contribution >= 4 is 6.47 Å². The molecule has 1 rings (SSSR count). The minimum absolute atomic E-state index is 0.0392. The summed E-state index contributed by atoms with van der Waals surface area (Å²) in [5.41, 5.74) is -1.02. The Kier molecular flexibility index (Phi) is 1.92. The Morgan fingerprint density at radius 3 is 3.00 bits per heavy atom. The van der Waals surface area contributed by atoms with Gasteiger partial charge in [-0.2, -0.15) is 0 Å². The smallest absolute Gasteiger partial charge is 0.293 e. The summed E-state index contributed by atoms with van der Waals surface area (Å²) >= 11 is 0. The van der Waals surface area contributed by atoms with E-state index in [0.29, 0.717) is 19.3 Å². The topological polar surface area (TPSA) is 26.3 Å². The Morgan fingerprint density at radius 2 is 2.60 bits per heavy atom. The van der Waals surface area contributed by atoms with Crippen molar-refractivity contribution in [1.29, 1.82) is 0 Å². The maximum Gasteiger partial charge on any atom is 0.293 e. The summed E-state index contributed by atoms with van der Waals surface area (Å²) in [6.45, 7) is 2.42. The summed E-state index contributed by atoms with van der Waals surface area (Å²) in [4.78, 5) is 9.69. The quantitative estimate of drug-likeness (QED) is 0.559. The molecule has 2 unspecified atom stereocenters. The molecule has 1 saturated carbocycles. The van der Waals surface area contributed by atoms with Gasteiger partial charge in [-0.25, -0.2) is 4.39 Å². The van der Waals surface area contributed by atoms with E-state index in [0.717, 1.165) is 0 Å². The molecule has 0 spiro atoms. The van der Waals surface area contributed by atoms with Crippen molar-refractivity contribution in [3.05, 3.63) is 0 Å². The normalized spacial score (nSPS) is 37.2. The fourth-order valence-electron chi connectivity index (χ4n) is 1.15. The molecule has 0 bridgehead atoms. The molecule has 0 saturated heterocycles. The zero-order valence-electron chi connectivity index (χ0n) is 5.97. The molecule has 0 heterocycles. The molecule has 0 aromatic carbocycles. The predicted molar refractivity (Wildman–Crippen MR) is 34.3 cm³/mol. The third kappa shape index (κ3) is 1.28. The van der Waals surface area contributed by atoms with Gasteiger partial charge in [0.2, 0.25) is 0 Å². The van der Waals surface area contributed by atoms with E-state index < -0.39 is 5.67 Å². The van der Waals surface area contributed by atoms with Crippen molar-refractivity contribution in [3.8, 4) is 0 Å². The molecule has 0 N–H and O–H groups in total. The summed E-state index contributed by atoms with van der Waals surface area (Å²) < 4.78 is 17.5. The Hall–Kier alpha value is -0.600. The van der Waals surface area contributed by atoms with Crippen molar-refractivity contribution in [2.45, 2.75) is 25.4 Å². The van der Waals surface area contributed by atoms with Gasteiger partial charge >= 0.3 is 0 Å². The molecule has 10 heavy (non-hydrogen) atoms. The van der Waals surface area contributed by atoms with Crippen LogP contribution >= 0.6 is 0 Å². The molecule has 58 valence electrons. The van der Waals surface area contributed by atoms with Crippen molar-refractivity contribution in [2.24, 2.45) is 5.92 Å². The van der Waals surface area contributed by atoms with Crippen LogP contribution in [0.5, 0.6) is 0 Å². The van der Waals surface area contributed by atoms with Crippen molar-refractivity contribution < 1.29 is 13.9 Å². The average Bonchev–Trinajstić information content (AvgIpc) is 2.59. The lowest BCUT2D eigenvalue weighted by molar-refractivity contribution is -0.129. The zero-order chi connectivity index (χ0) is 7.61. The fourth-order valence-corrected chi connectivity index (χ4v) is 1.15. The molecule has 3 heteroatoms. The summed E-state index contributed by atoms with van der Waals surface area (Å²) in [6, 6.07) is 0. The lowest BCUT2D eigenvalue weighted by Crippen LogP contribution is -2.06. The van der Waals surface area contributed by atoms with Gasteiger partial charge in [0.05, 0.1) is 6.61 Å². The highest BCUT2D eigenvalue weighted by molar-refractivity contribution is 5.37. The molecule has 0 amide bonds. The predicted octanol–water partition coefficient (Wildman–Crippen LogP) is 1.30. The molecular weight excluding hydrogens is 135 g/mol. The minimum atomic E-state index is -1.02. The van der Waals surface area contributed by atoms with Crippen LogP contribution < -0.4 is 0 Å². The summed E-state index contributed by atoms with van der Waals surface area (Å²) in [6.07, 6.45) is 1.08. The van der Waals surface area contributed by atoms with E-state index in [2.05, 4.69) is 4.74 Å². The number of hydrogen-bond donors (Lipinski definition) is 0. The van der Waals surface area contributed by atoms with Gasteiger partial charge < -0.3 is 4.74 Å². The van der Waals surface area contributed by atoms with E-state index >= 15 is 0 Å². The van der Waals surface area contributed by atoms with Crippen LogP contribution in [-0.2, 0) is 9.53 Å². The van der Waals surface area contributed by atoms with Gasteiger partial charge in [0.25, 0.3) is 6.47 Å². The molecule has 0 aromatic heterocycles. The van der Waals surface area contributed by atoms with Gasteiger partial charge in [-0.15, -0.1) is 0 Å². The van der Waals surface area contributed by atoms with Crippen LogP contribution in [0.1, 0.15) is 19.8 Å². The largest absolute Gasteiger partial charge is 0.467 e. The monoisotopic (exact) mass is 146 g/mol. The Bertz CT molecular complexity index is 138. The van der Waals surface area contributed by atoms with Crippen LogP contribution in [0.25, 0.3) is 0 Å². The van der Waals surface area contributed by atoms with Crippen molar-refractivity contribution in [3.63, 3.8) is 0 Å². The third-order valence-electron chi connectivity index (χ3n) is 2.11. The highest BCUT2D eigenvalue weighted by Gasteiger charge is 2.54. The third-order valence-corrected chi connectivity index (χ3v) is 2.11. The van der Waals surface area contributed by atoms with Crippen LogP contribution in [0, 0.1) is 5.92 Å². The molecule has 1 aliphatic rings. The minimum Gasteiger partial charge on any atom is -0.467 e. The number of alkyl halides is 1. The van der Waals surface area contributed by atoms with E-state index in [9.17, 15) is 9.18 Å². The average molecular weight is 146 g/mol. The first-order valence-corrected chi connectivity index (χ1v) is 3.47. The second kappa shape index (κ2) is 2.56. The molecule has 2 nitrogen and oxygen atoms in total. The highest BCUT2D eigenvalue weighted by atomic mass is 19.1. The molecule has 0 radical (unpaired) electrons. The number of carbonyl (C=O) groups is 1. The number of ether oxygens (including phenoxy) is 1. The van der Waals surface area contributed by atoms with Gasteiger partial charge in [-0.3, -0.25) is 4.79 Å². The highest BCUT2D eigenvalue weighted by Crippen LogP contribution is 2.49. The lowest BCUT2D eigenvalue weighted by Gasteiger charge is -2.01. The number of rotatable bonds is 4. The first-order valence-electron chi connectivity index (χ1n) is 3.47. The fraction of sp³-hybridized carbons (Fsp3) is 0.857. The van der Waals surface area contributed by atoms with Crippen molar-refractivity contribution in [2.75, 3.05) is 6.61 Å². The van der Waals surface area contributed by atoms with E-state index in [1.54, 1.807) is 6.92 Å². The molecule has 0 aromatic rings. The van der Waals surface area contributed by atoms with Gasteiger partial charge in [0, 0.05) is 5.92 Å². The molecule has 1 aliphatic carbocycles. The van der Waals surface area contributed by atoms with Crippen LogP contribution in [0.2, 0.25) is 0 Å². The molecular formula is C7H11FO2. The first-order chi connectivity index (χ1) is 4.73. The van der Waals surface area contributed by atoms with Crippen LogP contribution in [0.3, 0.4) is 0 Å². The Morgan fingerprint density at radius 1 is 1.90 bits per heavy atom. The summed E-state index contributed by atoms with van der Waals surface area (Å²) in [7, 11) is 0. The van der Waals surface area contributed by atoms with E-state index in [4.69, 9.17) is 0 Å². The van der Waals surface area contributed by atoms with Crippen LogP contribution in [-0.4, -0.2) is 18.7 Å². The van der Waals surface area contributed by atoms with Crippen LogP contribution in [0.15, 0.2) is 0 Å². The standard InChI is InChI=1S/C7H11FO2/c1-2-7(8)3-6(7)4-10-5-9/h5-6H,2-4H2,1H3. The SMILES string of the molecule is CCC1(F)CC1COC=O. The van der Waals surface area contributed by atoms with Gasteiger partial charge in [-0.1, -0.05) is 6.92 Å². The Balaban J connectivity index is 2.18. The molecule has 0 aliphatic heterocycles. The lowest BCUT2D eigenvalue weighted by atomic mass is 10.2. The maximum atomic E-state index is 13.0. The number of hydrogen-bond acceptors (Lipinski definition) is 2. The Labute approximate surface area is 59.4 Å². The number of carbonyl (C=O) groups excluding carboxylic acids is 1. The van der Waals surface area contributed by atoms with E-state index in [1.165, 1.54) is 0 Å². The van der Waals surface area contributed by atoms with Gasteiger partial charge in [-0.05, 0) is 12.8 Å². The maximum absolute atomic E-state index is 13.0. The molecule has 2 atom stereocenters. The first kappa shape index (κ1) is 7.51. The van der Waals surface area contributed by atoms with Gasteiger partial charge in [0.15, 0.2) is 0 Å². The molecule has 1 fully saturated rings. The summed E-state index contributed by atoms with van der Waals surface area (Å²) in [5, 5.41) is 0. The van der Waals surface area contributed by atoms with E-state index in [1.807, 2.05) is 0 Å². The van der Waals surface area contributed by atoms with Crippen LogP contribution in [0.4, 0.5) is 4.39 Å². The second-order valence-electron chi connectivity index (χ2n) is 2.72. The second-order valence-corrected chi connectivity index (χ2v) is 2.72.